The van der Waals surface area contributed by atoms with Crippen LogP contribution in [0, 0.1) is 5.92 Å². The average molecular weight is 353 g/mol. The summed E-state index contributed by atoms with van der Waals surface area (Å²) in [6.45, 7) is 0.0595. The van der Waals surface area contributed by atoms with Crippen molar-refractivity contribution >= 4 is 19.0 Å². The Morgan fingerprint density at radius 3 is 2.80 bits per heavy atom. The number of carboxylic acids is 1. The number of aromatic amines is 1. The van der Waals surface area contributed by atoms with Gasteiger partial charge in [0.15, 0.2) is 0 Å². The van der Waals surface area contributed by atoms with E-state index in [0.717, 1.165) is 0 Å². The van der Waals surface area contributed by atoms with E-state index in [0.29, 0.717) is 18.5 Å². The Hall–Kier alpha value is -1.95. The molecule has 10 nitrogen and oxygen atoms in total. The third-order valence-corrected chi connectivity index (χ3v) is 4.66. The molecular weight excluding hydrogens is 329 g/mol. The molecule has 25 heavy (non-hydrogen) atoms. The van der Waals surface area contributed by atoms with E-state index in [4.69, 9.17) is 21.5 Å². The summed E-state index contributed by atoms with van der Waals surface area (Å²) in [4.78, 5) is 32.3. The molecule has 1 fully saturated rings. The first-order valence-electron chi connectivity index (χ1n) is 8.14. The third-order valence-electron chi connectivity index (χ3n) is 4.66. The van der Waals surface area contributed by atoms with Gasteiger partial charge in [-0.15, -0.1) is 0 Å². The molecule has 3 atom stereocenters. The predicted octanol–water partition coefficient (Wildman–Crippen LogP) is -2.23. The average Bonchev–Trinajstić information content (AvgIpc) is 3.15. The summed E-state index contributed by atoms with van der Waals surface area (Å²) in [5.74, 6) is -2.03. The molecule has 0 aromatic carbocycles. The van der Waals surface area contributed by atoms with Gasteiger partial charge in [0.25, 0.3) is 0 Å². The molecule has 8 N–H and O–H groups in total. The normalized spacial score (nSPS) is 24.3. The van der Waals surface area contributed by atoms with Crippen molar-refractivity contribution in [2.75, 3.05) is 13.1 Å². The van der Waals surface area contributed by atoms with E-state index in [1.807, 2.05) is 0 Å². The second kappa shape index (κ2) is 7.96. The number of H-pyrrole nitrogens is 1. The van der Waals surface area contributed by atoms with Gasteiger partial charge in [-0.05, 0) is 12.7 Å². The zero-order valence-electron chi connectivity index (χ0n) is 13.8. The summed E-state index contributed by atoms with van der Waals surface area (Å²) >= 11 is 0. The van der Waals surface area contributed by atoms with E-state index in [9.17, 15) is 14.7 Å². The van der Waals surface area contributed by atoms with Crippen molar-refractivity contribution in [1.82, 2.24) is 14.9 Å². The molecule has 0 aliphatic carbocycles. The van der Waals surface area contributed by atoms with Gasteiger partial charge < -0.3 is 36.5 Å². The van der Waals surface area contributed by atoms with Gasteiger partial charge in [0.2, 0.25) is 5.91 Å². The molecule has 0 bridgehead atoms. The van der Waals surface area contributed by atoms with Crippen molar-refractivity contribution in [2.24, 2.45) is 17.4 Å². The number of likely N-dealkylation sites (tertiary alicyclic amines) is 1. The van der Waals surface area contributed by atoms with Crippen LogP contribution in [0.25, 0.3) is 0 Å². The molecule has 138 valence electrons. The molecule has 1 aliphatic rings. The van der Waals surface area contributed by atoms with Crippen LogP contribution in [0.15, 0.2) is 12.5 Å². The van der Waals surface area contributed by atoms with E-state index >= 15 is 0 Å². The highest BCUT2D eigenvalue weighted by molar-refractivity contribution is 6.40. The topological polar surface area (TPSA) is 179 Å². The number of hydrogen-bond donors (Lipinski definition) is 6. The number of carboxylic acid groups (broad SMARTS) is 1. The first-order valence-corrected chi connectivity index (χ1v) is 8.14. The summed E-state index contributed by atoms with van der Waals surface area (Å²) in [5.41, 5.74) is 11.1. The number of hydrogen-bond acceptors (Lipinski definition) is 7. The van der Waals surface area contributed by atoms with Gasteiger partial charge in [0.05, 0.1) is 12.4 Å². The quantitative estimate of drug-likeness (QED) is 0.284. The lowest BCUT2D eigenvalue weighted by molar-refractivity contribution is -0.144. The number of amides is 1. The maximum Gasteiger partial charge on any atom is 0.451 e. The standard InChI is InChI=1S/C14H24BN5O5/c16-11(4-10-5-18-8-19-10)12(21)20-6-9(2-1-3-15(24)25)14(17,7-20)13(22)23/h5,8-9,11,24-25H,1-4,6-7,16-17H2,(H,18,19)(H,22,23)/t9-,11+,14-/m1/s1. The number of aliphatic carboxylic acids is 1. The summed E-state index contributed by atoms with van der Waals surface area (Å²) in [6.07, 6.45) is 4.23. The van der Waals surface area contributed by atoms with Crippen LogP contribution in [0.5, 0.6) is 0 Å². The summed E-state index contributed by atoms with van der Waals surface area (Å²) in [5, 5.41) is 27.3. The van der Waals surface area contributed by atoms with E-state index in [2.05, 4.69) is 9.97 Å². The van der Waals surface area contributed by atoms with Crippen LogP contribution in [-0.4, -0.2) is 73.7 Å². The second-order valence-corrected chi connectivity index (χ2v) is 6.56. The van der Waals surface area contributed by atoms with Crippen LogP contribution in [0.4, 0.5) is 0 Å². The van der Waals surface area contributed by atoms with Crippen molar-refractivity contribution in [1.29, 1.82) is 0 Å². The zero-order valence-corrected chi connectivity index (χ0v) is 13.8. The van der Waals surface area contributed by atoms with Crippen LogP contribution in [0.3, 0.4) is 0 Å². The number of nitrogens with two attached hydrogens (primary N) is 2. The first kappa shape index (κ1) is 19.4. The Kier molecular flexibility index (Phi) is 6.17. The molecule has 1 aromatic heterocycles. The van der Waals surface area contributed by atoms with Crippen molar-refractivity contribution in [3.05, 3.63) is 18.2 Å². The van der Waals surface area contributed by atoms with Gasteiger partial charge in [0.1, 0.15) is 5.54 Å². The van der Waals surface area contributed by atoms with Gasteiger partial charge in [-0.25, -0.2) is 4.98 Å². The Bertz CT molecular complexity index is 598. The van der Waals surface area contributed by atoms with Crippen LogP contribution in [0.2, 0.25) is 6.32 Å². The maximum atomic E-state index is 12.5. The highest BCUT2D eigenvalue weighted by atomic mass is 16.4. The van der Waals surface area contributed by atoms with Gasteiger partial charge in [-0.1, -0.05) is 6.42 Å². The lowest BCUT2D eigenvalue weighted by Crippen LogP contribution is -2.55. The van der Waals surface area contributed by atoms with E-state index < -0.39 is 30.6 Å². The molecule has 0 unspecified atom stereocenters. The molecule has 1 saturated heterocycles. The van der Waals surface area contributed by atoms with Crippen molar-refractivity contribution in [3.63, 3.8) is 0 Å². The Labute approximate surface area is 145 Å². The fourth-order valence-corrected chi connectivity index (χ4v) is 3.20. The molecule has 11 heteroatoms. The monoisotopic (exact) mass is 353 g/mol. The predicted molar refractivity (Wildman–Crippen MR) is 89.1 cm³/mol. The van der Waals surface area contributed by atoms with Crippen LogP contribution < -0.4 is 11.5 Å². The zero-order chi connectivity index (χ0) is 18.6. The summed E-state index contributed by atoms with van der Waals surface area (Å²) < 4.78 is 0. The van der Waals surface area contributed by atoms with Crippen molar-refractivity contribution in [2.45, 2.75) is 37.2 Å². The van der Waals surface area contributed by atoms with E-state index in [1.54, 1.807) is 6.20 Å². The van der Waals surface area contributed by atoms with E-state index in [-0.39, 0.29) is 31.7 Å². The van der Waals surface area contributed by atoms with Gasteiger partial charge >= 0.3 is 13.1 Å². The first-order chi connectivity index (χ1) is 11.7. The van der Waals surface area contributed by atoms with E-state index in [1.165, 1.54) is 11.2 Å². The smallest absolute Gasteiger partial charge is 0.451 e. The highest BCUT2D eigenvalue weighted by Gasteiger charge is 2.50. The Morgan fingerprint density at radius 2 is 2.24 bits per heavy atom. The number of imidazole rings is 1. The fraction of sp³-hybridized carbons (Fsp3) is 0.643. The molecule has 1 amide bonds. The summed E-state index contributed by atoms with van der Waals surface area (Å²) in [6, 6.07) is -0.823. The molecular formula is C14H24BN5O5. The SMILES string of the molecule is N[C@@H](Cc1cnc[nH]1)C(=O)N1C[C@@H](CCCB(O)O)[C@@](N)(C(=O)O)C1. The van der Waals surface area contributed by atoms with Crippen LogP contribution in [-0.2, 0) is 16.0 Å². The molecule has 0 spiro atoms. The summed E-state index contributed by atoms with van der Waals surface area (Å²) in [7, 11) is -1.45. The minimum Gasteiger partial charge on any atom is -0.480 e. The van der Waals surface area contributed by atoms with Crippen molar-refractivity contribution in [3.8, 4) is 0 Å². The molecule has 0 radical (unpaired) electrons. The van der Waals surface area contributed by atoms with Gasteiger partial charge in [-0.3, -0.25) is 9.59 Å². The number of nitrogens with zero attached hydrogens (tertiary/aromatic N) is 2. The fourth-order valence-electron chi connectivity index (χ4n) is 3.20. The van der Waals surface area contributed by atoms with Crippen LogP contribution in [0.1, 0.15) is 18.5 Å². The Balaban J connectivity index is 2.01. The third kappa shape index (κ3) is 4.57. The second-order valence-electron chi connectivity index (χ2n) is 6.56. The minimum atomic E-state index is -1.57. The highest BCUT2D eigenvalue weighted by Crippen LogP contribution is 2.31. The van der Waals surface area contributed by atoms with Gasteiger partial charge in [-0.2, -0.15) is 0 Å². The van der Waals surface area contributed by atoms with Crippen molar-refractivity contribution < 1.29 is 24.7 Å². The number of carbonyl (C=O) groups excluding carboxylic acids is 1. The van der Waals surface area contributed by atoms with Gasteiger partial charge in [0, 0.05) is 37.3 Å². The molecule has 2 rings (SSSR count). The largest absolute Gasteiger partial charge is 0.480 e. The maximum absolute atomic E-state index is 12.5. The number of carbonyl (C=O) groups is 2. The molecule has 0 saturated carbocycles. The number of aromatic nitrogens is 2. The lowest BCUT2D eigenvalue weighted by atomic mass is 9.78. The lowest BCUT2D eigenvalue weighted by Gasteiger charge is -2.25. The molecule has 1 aliphatic heterocycles. The molecule has 2 heterocycles. The Morgan fingerprint density at radius 1 is 1.52 bits per heavy atom. The minimum absolute atomic E-state index is 0.121. The number of nitrogens with one attached hydrogen (secondary N) is 1. The van der Waals surface area contributed by atoms with Crippen LogP contribution >= 0.6 is 0 Å². The number of rotatable bonds is 8. The molecule has 1 aromatic rings.